The lowest BCUT2D eigenvalue weighted by Crippen LogP contribution is -2.11. The fraction of sp³-hybridized carbons (Fsp3) is 0. The van der Waals surface area contributed by atoms with Crippen molar-refractivity contribution in [1.29, 1.82) is 0 Å². The maximum absolute atomic E-state index is 6.46. The average Bonchev–Trinajstić information content (AvgIpc) is 3.72. The average molecular weight is 766 g/mol. The van der Waals surface area contributed by atoms with Gasteiger partial charge < -0.3 is 9.32 Å². The normalized spacial score (nSPS) is 11.3. The summed E-state index contributed by atoms with van der Waals surface area (Å²) in [6.45, 7) is 0. The Kier molecular flexibility index (Phi) is 8.87. The van der Waals surface area contributed by atoms with E-state index in [1.165, 1.54) is 61.0 Å². The zero-order valence-electron chi connectivity index (χ0n) is 32.9. The molecule has 1 heterocycles. The minimum absolute atomic E-state index is 0.863. The highest BCUT2D eigenvalue weighted by Gasteiger charge is 2.23. The first kappa shape index (κ1) is 35.2. The second-order valence-corrected chi connectivity index (χ2v) is 15.2. The van der Waals surface area contributed by atoms with Crippen LogP contribution in [0.5, 0.6) is 0 Å². The molecule has 0 amide bonds. The minimum atomic E-state index is 0.863. The molecule has 282 valence electrons. The van der Waals surface area contributed by atoms with Crippen LogP contribution in [0.15, 0.2) is 241 Å². The molecule has 10 aromatic carbocycles. The predicted octanol–water partition coefficient (Wildman–Crippen LogP) is 16.5. The lowest BCUT2D eigenvalue weighted by Gasteiger charge is -2.28. The number of furan rings is 1. The molecule has 0 unspecified atom stereocenters. The predicted molar refractivity (Wildman–Crippen MR) is 253 cm³/mol. The molecule has 2 nitrogen and oxygen atoms in total. The molecular weight excluding hydrogens is 727 g/mol. The minimum Gasteiger partial charge on any atom is -0.456 e. The van der Waals surface area contributed by atoms with Crippen molar-refractivity contribution in [1.82, 2.24) is 0 Å². The van der Waals surface area contributed by atoms with E-state index in [4.69, 9.17) is 4.42 Å². The standard InChI is InChI=1S/C58H39NO/c1-3-18-40(19-4-1)41-34-36-43(37-35-41)59(55-31-17-33-57-58(55)53-30-15-16-32-56(53)60-57)54-39-38-51(50-28-13-14-29-52(50)54)49-27-12-11-26-48(49)47-25-10-9-24-46(47)45-23-8-7-22-44(45)42-20-5-2-6-21-42/h1-39H. The van der Waals surface area contributed by atoms with Gasteiger partial charge in [-0.25, -0.2) is 0 Å². The van der Waals surface area contributed by atoms with Crippen LogP contribution in [-0.2, 0) is 0 Å². The Balaban J connectivity index is 1.11. The van der Waals surface area contributed by atoms with Crippen LogP contribution in [0.25, 0.3) is 88.3 Å². The summed E-state index contributed by atoms with van der Waals surface area (Å²) in [6.07, 6.45) is 0. The zero-order valence-corrected chi connectivity index (χ0v) is 32.9. The van der Waals surface area contributed by atoms with Gasteiger partial charge in [0.25, 0.3) is 0 Å². The van der Waals surface area contributed by atoms with E-state index in [-0.39, 0.29) is 0 Å². The van der Waals surface area contributed by atoms with Crippen LogP contribution >= 0.6 is 0 Å². The first-order chi connectivity index (χ1) is 29.8. The molecule has 0 saturated heterocycles. The molecule has 0 N–H and O–H groups in total. The van der Waals surface area contributed by atoms with Crippen molar-refractivity contribution in [2.24, 2.45) is 0 Å². The molecule has 60 heavy (non-hydrogen) atoms. The van der Waals surface area contributed by atoms with Crippen LogP contribution < -0.4 is 4.90 Å². The second kappa shape index (κ2) is 15.1. The first-order valence-electron chi connectivity index (χ1n) is 20.5. The van der Waals surface area contributed by atoms with E-state index in [1.807, 2.05) is 6.07 Å². The van der Waals surface area contributed by atoms with Gasteiger partial charge >= 0.3 is 0 Å². The zero-order chi connectivity index (χ0) is 39.8. The molecule has 0 bridgehead atoms. The molecule has 11 rings (SSSR count). The number of benzene rings is 10. The van der Waals surface area contributed by atoms with E-state index in [1.54, 1.807) is 0 Å². The van der Waals surface area contributed by atoms with Crippen LogP contribution in [0.1, 0.15) is 0 Å². The molecule has 0 aliphatic heterocycles. The van der Waals surface area contributed by atoms with Gasteiger partial charge in [-0.15, -0.1) is 0 Å². The topological polar surface area (TPSA) is 16.4 Å². The van der Waals surface area contributed by atoms with Crippen LogP contribution in [0.2, 0.25) is 0 Å². The van der Waals surface area contributed by atoms with Gasteiger partial charge in [0.2, 0.25) is 0 Å². The number of para-hydroxylation sites is 1. The molecule has 0 aliphatic carbocycles. The Morgan fingerprint density at radius 3 is 1.37 bits per heavy atom. The number of rotatable bonds is 8. The quantitative estimate of drug-likeness (QED) is 0.153. The third-order valence-corrected chi connectivity index (χ3v) is 11.7. The van der Waals surface area contributed by atoms with Crippen molar-refractivity contribution in [3.63, 3.8) is 0 Å². The SMILES string of the molecule is c1ccc(-c2ccc(N(c3ccc(-c4ccccc4-c4ccccc4-c4ccccc4-c4ccccc4)c4ccccc34)c3cccc4oc5ccccc5c34)cc2)cc1. The monoisotopic (exact) mass is 765 g/mol. The highest BCUT2D eigenvalue weighted by atomic mass is 16.3. The van der Waals surface area contributed by atoms with Gasteiger partial charge in [0.05, 0.1) is 16.8 Å². The summed E-state index contributed by atoms with van der Waals surface area (Å²) in [5.74, 6) is 0. The van der Waals surface area contributed by atoms with Gasteiger partial charge in [-0.05, 0) is 97.4 Å². The molecule has 0 saturated carbocycles. The Morgan fingerprint density at radius 1 is 0.250 bits per heavy atom. The van der Waals surface area contributed by atoms with Gasteiger partial charge in [-0.2, -0.15) is 0 Å². The van der Waals surface area contributed by atoms with Gasteiger partial charge in [0, 0.05) is 16.5 Å². The summed E-state index contributed by atoms with van der Waals surface area (Å²) in [5.41, 5.74) is 16.9. The molecule has 0 fully saturated rings. The van der Waals surface area contributed by atoms with E-state index in [0.717, 1.165) is 44.4 Å². The fourth-order valence-electron chi connectivity index (χ4n) is 8.99. The third kappa shape index (κ3) is 6.14. The van der Waals surface area contributed by atoms with Crippen LogP contribution in [0.3, 0.4) is 0 Å². The maximum atomic E-state index is 6.46. The van der Waals surface area contributed by atoms with Crippen molar-refractivity contribution >= 4 is 49.8 Å². The highest BCUT2D eigenvalue weighted by Crippen LogP contribution is 2.48. The Bertz CT molecular complexity index is 3310. The molecular formula is C58H39NO. The van der Waals surface area contributed by atoms with Crippen LogP contribution in [-0.4, -0.2) is 0 Å². The van der Waals surface area contributed by atoms with Gasteiger partial charge in [0.15, 0.2) is 0 Å². The van der Waals surface area contributed by atoms with Crippen molar-refractivity contribution in [3.05, 3.63) is 237 Å². The highest BCUT2D eigenvalue weighted by molar-refractivity contribution is 6.16. The summed E-state index contributed by atoms with van der Waals surface area (Å²) in [7, 11) is 0. The first-order valence-corrected chi connectivity index (χ1v) is 20.5. The maximum Gasteiger partial charge on any atom is 0.137 e. The molecule has 0 atom stereocenters. The number of hydrogen-bond acceptors (Lipinski definition) is 2. The molecule has 0 spiro atoms. The lowest BCUT2D eigenvalue weighted by molar-refractivity contribution is 0.669. The summed E-state index contributed by atoms with van der Waals surface area (Å²) >= 11 is 0. The van der Waals surface area contributed by atoms with E-state index in [2.05, 4.69) is 235 Å². The Hall–Kier alpha value is -7.94. The Labute approximate surface area is 349 Å². The largest absolute Gasteiger partial charge is 0.456 e. The number of fused-ring (bicyclic) bond motifs is 4. The van der Waals surface area contributed by atoms with E-state index in [9.17, 15) is 0 Å². The summed E-state index contributed by atoms with van der Waals surface area (Å²) in [4.78, 5) is 2.41. The van der Waals surface area contributed by atoms with Gasteiger partial charge in [-0.1, -0.05) is 200 Å². The summed E-state index contributed by atoms with van der Waals surface area (Å²) in [6, 6.07) is 84.8. The molecule has 2 heteroatoms. The molecule has 11 aromatic rings. The number of nitrogens with zero attached hydrogens (tertiary/aromatic N) is 1. The van der Waals surface area contributed by atoms with Crippen molar-refractivity contribution in [2.75, 3.05) is 4.90 Å². The van der Waals surface area contributed by atoms with E-state index < -0.39 is 0 Å². The summed E-state index contributed by atoms with van der Waals surface area (Å²) < 4.78 is 6.46. The molecule has 1 aromatic heterocycles. The number of hydrogen-bond donors (Lipinski definition) is 0. The second-order valence-electron chi connectivity index (χ2n) is 15.2. The summed E-state index contributed by atoms with van der Waals surface area (Å²) in [5, 5.41) is 4.52. The van der Waals surface area contributed by atoms with Crippen molar-refractivity contribution in [3.8, 4) is 55.6 Å². The lowest BCUT2D eigenvalue weighted by atomic mass is 9.85. The van der Waals surface area contributed by atoms with Gasteiger partial charge in [0.1, 0.15) is 11.2 Å². The van der Waals surface area contributed by atoms with Crippen molar-refractivity contribution < 1.29 is 4.42 Å². The van der Waals surface area contributed by atoms with Crippen LogP contribution in [0, 0.1) is 0 Å². The van der Waals surface area contributed by atoms with E-state index in [0.29, 0.717) is 0 Å². The van der Waals surface area contributed by atoms with Crippen molar-refractivity contribution in [2.45, 2.75) is 0 Å². The third-order valence-electron chi connectivity index (χ3n) is 11.7. The fourth-order valence-corrected chi connectivity index (χ4v) is 8.99. The smallest absolute Gasteiger partial charge is 0.137 e. The Morgan fingerprint density at radius 2 is 0.717 bits per heavy atom. The van der Waals surface area contributed by atoms with Gasteiger partial charge in [-0.3, -0.25) is 0 Å². The molecule has 0 radical (unpaired) electrons. The molecule has 0 aliphatic rings. The van der Waals surface area contributed by atoms with Crippen LogP contribution in [0.4, 0.5) is 17.1 Å². The van der Waals surface area contributed by atoms with E-state index >= 15 is 0 Å². The number of anilines is 3.